The molecule has 3 heteroatoms. The molecule has 0 aliphatic heterocycles. The van der Waals surface area contributed by atoms with Gasteiger partial charge in [-0.25, -0.2) is 0 Å². The minimum Gasteiger partial charge on any atom is -0.489 e. The lowest BCUT2D eigenvalue weighted by atomic mass is 10.0. The van der Waals surface area contributed by atoms with Gasteiger partial charge in [0.05, 0.1) is 5.52 Å². The number of pyridine rings is 1. The van der Waals surface area contributed by atoms with Crippen LogP contribution in [0.4, 0.5) is 0 Å². The fourth-order valence-corrected chi connectivity index (χ4v) is 1.98. The number of hydrogen-bond acceptors (Lipinski definition) is 3. The summed E-state index contributed by atoms with van der Waals surface area (Å²) >= 11 is 0. The molecular weight excluding hydrogens is 248 g/mol. The summed E-state index contributed by atoms with van der Waals surface area (Å²) in [5, 5.41) is 4.60. The SMILES string of the molecule is CCC(C)(C)NCC(C)Oc1cccc2ncccc12. The van der Waals surface area contributed by atoms with Crippen LogP contribution in [-0.2, 0) is 0 Å². The Balaban J connectivity index is 2.05. The second-order valence-electron chi connectivity index (χ2n) is 5.87. The maximum Gasteiger partial charge on any atom is 0.129 e. The molecule has 2 rings (SSSR count). The zero-order valence-electron chi connectivity index (χ0n) is 12.8. The maximum absolute atomic E-state index is 6.07. The van der Waals surface area contributed by atoms with E-state index in [0.29, 0.717) is 0 Å². The Morgan fingerprint density at radius 3 is 2.80 bits per heavy atom. The first-order valence-corrected chi connectivity index (χ1v) is 7.27. The number of rotatable bonds is 6. The van der Waals surface area contributed by atoms with Gasteiger partial charge in [0, 0.05) is 23.7 Å². The highest BCUT2D eigenvalue weighted by Gasteiger charge is 2.16. The normalized spacial score (nSPS) is 13.4. The summed E-state index contributed by atoms with van der Waals surface area (Å²) in [5.41, 5.74) is 1.12. The van der Waals surface area contributed by atoms with Crippen LogP contribution in [0, 0.1) is 0 Å². The van der Waals surface area contributed by atoms with Crippen molar-refractivity contribution in [3.63, 3.8) is 0 Å². The van der Waals surface area contributed by atoms with Crippen molar-refractivity contribution in [3.8, 4) is 5.75 Å². The fraction of sp³-hybridized carbons (Fsp3) is 0.471. The molecule has 1 aromatic heterocycles. The summed E-state index contributed by atoms with van der Waals surface area (Å²) < 4.78 is 6.07. The third-order valence-electron chi connectivity index (χ3n) is 3.69. The Kier molecular flexibility index (Phi) is 4.61. The van der Waals surface area contributed by atoms with E-state index in [1.807, 2.05) is 30.3 Å². The molecule has 108 valence electrons. The number of benzene rings is 1. The minimum atomic E-state index is 0.117. The van der Waals surface area contributed by atoms with E-state index >= 15 is 0 Å². The number of nitrogens with zero attached hydrogens (tertiary/aromatic N) is 1. The Morgan fingerprint density at radius 1 is 1.25 bits per heavy atom. The monoisotopic (exact) mass is 272 g/mol. The maximum atomic E-state index is 6.07. The Morgan fingerprint density at radius 2 is 2.05 bits per heavy atom. The van der Waals surface area contributed by atoms with Gasteiger partial charge in [0.2, 0.25) is 0 Å². The highest BCUT2D eigenvalue weighted by molar-refractivity contribution is 5.84. The molecule has 1 aromatic carbocycles. The molecule has 0 saturated carbocycles. The highest BCUT2D eigenvalue weighted by Crippen LogP contribution is 2.24. The lowest BCUT2D eigenvalue weighted by Crippen LogP contribution is -2.43. The molecule has 0 saturated heterocycles. The third-order valence-corrected chi connectivity index (χ3v) is 3.69. The lowest BCUT2D eigenvalue weighted by molar-refractivity contribution is 0.201. The fourth-order valence-electron chi connectivity index (χ4n) is 1.98. The molecule has 1 atom stereocenters. The molecule has 0 bridgehead atoms. The van der Waals surface area contributed by atoms with E-state index in [1.54, 1.807) is 6.20 Å². The number of fused-ring (bicyclic) bond motifs is 1. The van der Waals surface area contributed by atoms with Crippen molar-refractivity contribution in [1.82, 2.24) is 10.3 Å². The number of ether oxygens (including phenoxy) is 1. The molecule has 3 nitrogen and oxygen atoms in total. The molecule has 0 aliphatic rings. The molecule has 20 heavy (non-hydrogen) atoms. The smallest absolute Gasteiger partial charge is 0.129 e. The minimum absolute atomic E-state index is 0.117. The third kappa shape index (κ3) is 3.70. The van der Waals surface area contributed by atoms with E-state index < -0.39 is 0 Å². The largest absolute Gasteiger partial charge is 0.489 e. The summed E-state index contributed by atoms with van der Waals surface area (Å²) in [6, 6.07) is 9.99. The molecule has 1 heterocycles. The predicted octanol–water partition coefficient (Wildman–Crippen LogP) is 3.78. The van der Waals surface area contributed by atoms with Crippen LogP contribution in [0.5, 0.6) is 5.75 Å². The van der Waals surface area contributed by atoms with Gasteiger partial charge in [0.25, 0.3) is 0 Å². The number of aromatic nitrogens is 1. The van der Waals surface area contributed by atoms with Crippen molar-refractivity contribution in [3.05, 3.63) is 36.5 Å². The zero-order valence-corrected chi connectivity index (χ0v) is 12.8. The van der Waals surface area contributed by atoms with E-state index in [0.717, 1.165) is 29.6 Å². The van der Waals surface area contributed by atoms with Crippen LogP contribution in [0.25, 0.3) is 10.9 Å². The second kappa shape index (κ2) is 6.23. The number of nitrogens with one attached hydrogen (secondary N) is 1. The van der Waals surface area contributed by atoms with Crippen LogP contribution in [-0.4, -0.2) is 23.2 Å². The Bertz CT molecular complexity index is 560. The molecule has 0 spiro atoms. The van der Waals surface area contributed by atoms with Crippen LogP contribution < -0.4 is 10.1 Å². The average Bonchev–Trinajstić information content (AvgIpc) is 2.46. The topological polar surface area (TPSA) is 34.1 Å². The van der Waals surface area contributed by atoms with Crippen molar-refractivity contribution >= 4 is 10.9 Å². The van der Waals surface area contributed by atoms with Crippen molar-refractivity contribution in [2.75, 3.05) is 6.54 Å². The summed E-state index contributed by atoms with van der Waals surface area (Å²) in [5.74, 6) is 0.902. The van der Waals surface area contributed by atoms with Gasteiger partial charge >= 0.3 is 0 Å². The van der Waals surface area contributed by atoms with Gasteiger partial charge in [0.1, 0.15) is 11.9 Å². The molecule has 0 radical (unpaired) electrons. The predicted molar refractivity (Wildman–Crippen MR) is 84.2 cm³/mol. The average molecular weight is 272 g/mol. The van der Waals surface area contributed by atoms with E-state index in [1.165, 1.54) is 0 Å². The van der Waals surface area contributed by atoms with Crippen molar-refractivity contribution in [2.45, 2.75) is 45.8 Å². The van der Waals surface area contributed by atoms with Crippen LogP contribution in [0.1, 0.15) is 34.1 Å². The van der Waals surface area contributed by atoms with E-state index in [4.69, 9.17) is 4.74 Å². The Labute approximate surface area is 121 Å². The summed E-state index contributed by atoms with van der Waals surface area (Å²) in [6.45, 7) is 9.53. The van der Waals surface area contributed by atoms with Gasteiger partial charge in [-0.1, -0.05) is 13.0 Å². The second-order valence-corrected chi connectivity index (χ2v) is 5.87. The van der Waals surface area contributed by atoms with Gasteiger partial charge in [0.15, 0.2) is 0 Å². The first-order valence-electron chi connectivity index (χ1n) is 7.27. The standard InChI is InChI=1S/C17H24N2O/c1-5-17(3,4)19-12-13(2)20-16-10-6-9-15-14(16)8-7-11-18-15/h6-11,13,19H,5,12H2,1-4H3. The molecule has 0 fully saturated rings. The highest BCUT2D eigenvalue weighted by atomic mass is 16.5. The van der Waals surface area contributed by atoms with E-state index in [9.17, 15) is 0 Å². The quantitative estimate of drug-likeness (QED) is 0.869. The van der Waals surface area contributed by atoms with Crippen LogP contribution in [0.15, 0.2) is 36.5 Å². The lowest BCUT2D eigenvalue weighted by Gasteiger charge is -2.27. The molecule has 1 unspecified atom stereocenters. The van der Waals surface area contributed by atoms with E-state index in [2.05, 4.69) is 38.0 Å². The summed E-state index contributed by atoms with van der Waals surface area (Å²) in [6.07, 6.45) is 3.02. The van der Waals surface area contributed by atoms with Crippen LogP contribution >= 0.6 is 0 Å². The zero-order chi connectivity index (χ0) is 14.6. The molecule has 2 aromatic rings. The first-order chi connectivity index (χ1) is 9.52. The van der Waals surface area contributed by atoms with Gasteiger partial charge < -0.3 is 10.1 Å². The molecular formula is C17H24N2O. The van der Waals surface area contributed by atoms with Crippen LogP contribution in [0.3, 0.4) is 0 Å². The first kappa shape index (κ1) is 14.8. The molecule has 0 aliphatic carbocycles. The summed E-state index contributed by atoms with van der Waals surface area (Å²) in [7, 11) is 0. The van der Waals surface area contributed by atoms with Gasteiger partial charge in [-0.05, 0) is 51.5 Å². The van der Waals surface area contributed by atoms with Crippen molar-refractivity contribution in [1.29, 1.82) is 0 Å². The van der Waals surface area contributed by atoms with E-state index in [-0.39, 0.29) is 11.6 Å². The van der Waals surface area contributed by atoms with Gasteiger partial charge in [-0.15, -0.1) is 0 Å². The summed E-state index contributed by atoms with van der Waals surface area (Å²) in [4.78, 5) is 4.35. The molecule has 0 amide bonds. The number of hydrogen-bond donors (Lipinski definition) is 1. The van der Waals surface area contributed by atoms with Crippen molar-refractivity contribution < 1.29 is 4.74 Å². The Hall–Kier alpha value is -1.61. The van der Waals surface area contributed by atoms with Crippen molar-refractivity contribution in [2.24, 2.45) is 0 Å². The van der Waals surface area contributed by atoms with Crippen LogP contribution in [0.2, 0.25) is 0 Å². The molecule has 1 N–H and O–H groups in total. The van der Waals surface area contributed by atoms with Gasteiger partial charge in [-0.3, -0.25) is 4.98 Å². The van der Waals surface area contributed by atoms with Gasteiger partial charge in [-0.2, -0.15) is 0 Å².